The van der Waals surface area contributed by atoms with Crippen LogP contribution >= 0.6 is 0 Å². The largest absolute Gasteiger partial charge is 0.207 e. The molecule has 0 N–H and O–H groups in total. The van der Waals surface area contributed by atoms with Gasteiger partial charge in [-0.05, 0) is 37.1 Å². The maximum Gasteiger partial charge on any atom is 0.126 e. The molecule has 0 fully saturated rings. The molecule has 0 spiro atoms. The number of hydrogen-bond acceptors (Lipinski definition) is 0. The van der Waals surface area contributed by atoms with Crippen LogP contribution in [0.25, 0.3) is 0 Å². The predicted molar refractivity (Wildman–Crippen MR) is 52.9 cm³/mol. The van der Waals surface area contributed by atoms with E-state index in [4.69, 9.17) is 0 Å². The Bertz CT molecular complexity index is 342. The molecule has 0 aliphatic carbocycles. The first-order valence-electron chi connectivity index (χ1n) is 4.49. The van der Waals surface area contributed by atoms with Crippen molar-refractivity contribution in [2.45, 2.75) is 26.7 Å². The van der Waals surface area contributed by atoms with E-state index in [0.29, 0.717) is 5.56 Å². The molecule has 0 aliphatic heterocycles. The van der Waals surface area contributed by atoms with Gasteiger partial charge in [-0.1, -0.05) is 18.8 Å². The highest BCUT2D eigenvalue weighted by Gasteiger charge is 1.95. The Labute approximate surface area is 78.8 Å². The molecule has 0 unspecified atom stereocenters. The number of aryl methyl sites for hydroxylation is 1. The van der Waals surface area contributed by atoms with Crippen LogP contribution in [-0.4, -0.2) is 0 Å². The molecule has 0 aromatic heterocycles. The molecule has 0 saturated carbocycles. The van der Waals surface area contributed by atoms with Crippen molar-refractivity contribution in [3.63, 3.8) is 0 Å². The zero-order valence-electron chi connectivity index (χ0n) is 8.02. The number of unbranched alkanes of at least 4 members (excludes halogenated alkanes) is 1. The predicted octanol–water partition coefficient (Wildman–Crippen LogP) is 3.29. The molecule has 0 bridgehead atoms. The molecule has 1 heteroatoms. The Morgan fingerprint density at radius 2 is 2.15 bits per heavy atom. The van der Waals surface area contributed by atoms with Gasteiger partial charge in [0.2, 0.25) is 0 Å². The molecule has 0 radical (unpaired) electrons. The second kappa shape index (κ2) is 4.67. The molecule has 1 rings (SSSR count). The van der Waals surface area contributed by atoms with Gasteiger partial charge in [0.25, 0.3) is 0 Å². The van der Waals surface area contributed by atoms with Gasteiger partial charge in [-0.3, -0.25) is 0 Å². The van der Waals surface area contributed by atoms with E-state index < -0.39 is 0 Å². The highest BCUT2D eigenvalue weighted by atomic mass is 19.1. The number of benzene rings is 1. The SMILES string of the molecule is CCCC#Cc1ccc(F)c(C)c1. The zero-order valence-corrected chi connectivity index (χ0v) is 8.02. The third-order valence-corrected chi connectivity index (χ3v) is 1.77. The fraction of sp³-hybridized carbons (Fsp3) is 0.333. The Balaban J connectivity index is 2.81. The standard InChI is InChI=1S/C12H13F/c1-3-4-5-6-11-7-8-12(13)10(2)9-11/h7-9H,3-4H2,1-2H3. The summed E-state index contributed by atoms with van der Waals surface area (Å²) in [6.07, 6.45) is 1.96. The van der Waals surface area contributed by atoms with Gasteiger partial charge in [0.1, 0.15) is 5.82 Å². The molecule has 1 aromatic carbocycles. The summed E-state index contributed by atoms with van der Waals surface area (Å²) >= 11 is 0. The maximum absolute atomic E-state index is 12.8. The van der Waals surface area contributed by atoms with Crippen molar-refractivity contribution < 1.29 is 4.39 Å². The minimum atomic E-state index is -0.166. The first-order chi connectivity index (χ1) is 6.24. The quantitative estimate of drug-likeness (QED) is 0.576. The molecular weight excluding hydrogens is 163 g/mol. The maximum atomic E-state index is 12.8. The fourth-order valence-electron chi connectivity index (χ4n) is 1.01. The van der Waals surface area contributed by atoms with Crippen LogP contribution in [0.5, 0.6) is 0 Å². The van der Waals surface area contributed by atoms with Crippen LogP contribution in [-0.2, 0) is 0 Å². The van der Waals surface area contributed by atoms with E-state index in [0.717, 1.165) is 18.4 Å². The first kappa shape index (κ1) is 9.80. The summed E-state index contributed by atoms with van der Waals surface area (Å²) in [5, 5.41) is 0. The Morgan fingerprint density at radius 3 is 2.77 bits per heavy atom. The van der Waals surface area contributed by atoms with Crippen LogP contribution in [0.2, 0.25) is 0 Å². The van der Waals surface area contributed by atoms with Gasteiger partial charge in [0, 0.05) is 12.0 Å². The van der Waals surface area contributed by atoms with Crippen molar-refractivity contribution in [2.75, 3.05) is 0 Å². The van der Waals surface area contributed by atoms with Gasteiger partial charge < -0.3 is 0 Å². The van der Waals surface area contributed by atoms with Crippen LogP contribution in [0.1, 0.15) is 30.9 Å². The van der Waals surface area contributed by atoms with Crippen LogP contribution < -0.4 is 0 Å². The lowest BCUT2D eigenvalue weighted by atomic mass is 10.1. The van der Waals surface area contributed by atoms with Crippen molar-refractivity contribution in [1.82, 2.24) is 0 Å². The highest BCUT2D eigenvalue weighted by Crippen LogP contribution is 2.07. The van der Waals surface area contributed by atoms with E-state index in [9.17, 15) is 4.39 Å². The molecule has 1 aromatic rings. The molecule has 0 aliphatic rings. The molecule has 0 amide bonds. The molecule has 0 atom stereocenters. The van der Waals surface area contributed by atoms with Crippen LogP contribution in [0.4, 0.5) is 4.39 Å². The van der Waals surface area contributed by atoms with Crippen molar-refractivity contribution in [2.24, 2.45) is 0 Å². The lowest BCUT2D eigenvalue weighted by Crippen LogP contribution is -1.83. The average Bonchev–Trinajstić information content (AvgIpc) is 2.12. The normalized spacial score (nSPS) is 9.15. The van der Waals surface area contributed by atoms with E-state index in [1.54, 1.807) is 19.1 Å². The van der Waals surface area contributed by atoms with E-state index in [-0.39, 0.29) is 5.82 Å². The van der Waals surface area contributed by atoms with Gasteiger partial charge >= 0.3 is 0 Å². The monoisotopic (exact) mass is 176 g/mol. The van der Waals surface area contributed by atoms with Crippen molar-refractivity contribution in [1.29, 1.82) is 0 Å². The van der Waals surface area contributed by atoms with E-state index in [1.807, 2.05) is 0 Å². The topological polar surface area (TPSA) is 0 Å². The Kier molecular flexibility index (Phi) is 3.52. The number of halogens is 1. The minimum Gasteiger partial charge on any atom is -0.207 e. The lowest BCUT2D eigenvalue weighted by molar-refractivity contribution is 0.618. The van der Waals surface area contributed by atoms with Crippen molar-refractivity contribution >= 4 is 0 Å². The molecule has 0 heterocycles. The van der Waals surface area contributed by atoms with E-state index >= 15 is 0 Å². The van der Waals surface area contributed by atoms with Crippen LogP contribution in [0, 0.1) is 24.6 Å². The summed E-state index contributed by atoms with van der Waals surface area (Å²) in [4.78, 5) is 0. The second-order valence-corrected chi connectivity index (χ2v) is 3.02. The summed E-state index contributed by atoms with van der Waals surface area (Å²) < 4.78 is 12.8. The molecule has 0 nitrogen and oxygen atoms in total. The van der Waals surface area contributed by atoms with Gasteiger partial charge in [-0.2, -0.15) is 0 Å². The number of hydrogen-bond donors (Lipinski definition) is 0. The summed E-state index contributed by atoms with van der Waals surface area (Å²) in [6, 6.07) is 4.95. The van der Waals surface area contributed by atoms with E-state index in [1.165, 1.54) is 6.07 Å². The first-order valence-corrected chi connectivity index (χ1v) is 4.49. The number of rotatable bonds is 1. The summed E-state index contributed by atoms with van der Waals surface area (Å²) in [5.74, 6) is 5.86. The van der Waals surface area contributed by atoms with Crippen molar-refractivity contribution in [3.8, 4) is 11.8 Å². The van der Waals surface area contributed by atoms with Gasteiger partial charge in [0.05, 0.1) is 0 Å². The summed E-state index contributed by atoms with van der Waals surface area (Å²) in [5.41, 5.74) is 1.55. The summed E-state index contributed by atoms with van der Waals surface area (Å²) in [7, 11) is 0. The van der Waals surface area contributed by atoms with E-state index in [2.05, 4.69) is 18.8 Å². The van der Waals surface area contributed by atoms with Crippen LogP contribution in [0.3, 0.4) is 0 Å². The van der Waals surface area contributed by atoms with Gasteiger partial charge in [-0.25, -0.2) is 4.39 Å². The molecule has 13 heavy (non-hydrogen) atoms. The van der Waals surface area contributed by atoms with Crippen molar-refractivity contribution in [3.05, 3.63) is 35.1 Å². The molecule has 68 valence electrons. The lowest BCUT2D eigenvalue weighted by Gasteiger charge is -1.95. The van der Waals surface area contributed by atoms with Gasteiger partial charge in [-0.15, -0.1) is 0 Å². The highest BCUT2D eigenvalue weighted by molar-refractivity contribution is 5.37. The Morgan fingerprint density at radius 1 is 1.38 bits per heavy atom. The van der Waals surface area contributed by atoms with Gasteiger partial charge in [0.15, 0.2) is 0 Å². The minimum absolute atomic E-state index is 0.166. The smallest absolute Gasteiger partial charge is 0.126 e. The molecule has 0 saturated heterocycles. The summed E-state index contributed by atoms with van der Waals surface area (Å²) in [6.45, 7) is 3.84. The second-order valence-electron chi connectivity index (χ2n) is 3.02. The third kappa shape index (κ3) is 2.91. The molecular formula is C12H13F. The van der Waals surface area contributed by atoms with Crippen LogP contribution in [0.15, 0.2) is 18.2 Å². The average molecular weight is 176 g/mol. The zero-order chi connectivity index (χ0) is 9.68. The Hall–Kier alpha value is -1.29. The fourth-order valence-corrected chi connectivity index (χ4v) is 1.01. The third-order valence-electron chi connectivity index (χ3n) is 1.77.